The van der Waals surface area contributed by atoms with Crippen LogP contribution in [0.15, 0.2) is 22.8 Å². The minimum atomic E-state index is -0.659. The summed E-state index contributed by atoms with van der Waals surface area (Å²) in [5.74, 6) is -0.317. The fourth-order valence-corrected chi connectivity index (χ4v) is 4.80. The molecule has 2 aliphatic rings. The normalized spacial score (nSPS) is 21.1. The number of carbonyl (C=O) groups is 2. The summed E-state index contributed by atoms with van der Waals surface area (Å²) in [6.45, 7) is 2.89. The molecule has 27 heavy (non-hydrogen) atoms. The van der Waals surface area contributed by atoms with Gasteiger partial charge in [-0.1, -0.05) is 19.3 Å². The third-order valence-corrected chi connectivity index (χ3v) is 6.56. The van der Waals surface area contributed by atoms with Crippen molar-refractivity contribution >= 4 is 11.9 Å². The van der Waals surface area contributed by atoms with Gasteiger partial charge < -0.3 is 19.3 Å². The van der Waals surface area contributed by atoms with E-state index in [9.17, 15) is 14.7 Å². The molecule has 1 amide bonds. The van der Waals surface area contributed by atoms with E-state index in [2.05, 4.69) is 4.90 Å². The van der Waals surface area contributed by atoms with Crippen LogP contribution in [0.2, 0.25) is 0 Å². The van der Waals surface area contributed by atoms with Crippen molar-refractivity contribution in [2.75, 3.05) is 26.7 Å². The highest BCUT2D eigenvalue weighted by Crippen LogP contribution is 2.42. The van der Waals surface area contributed by atoms with Crippen molar-refractivity contribution < 1.29 is 19.1 Å². The number of nitrogens with zero attached hydrogens (tertiary/aromatic N) is 2. The summed E-state index contributed by atoms with van der Waals surface area (Å²) in [6, 6.07) is 3.68. The quantitative estimate of drug-likeness (QED) is 0.786. The molecule has 2 heterocycles. The van der Waals surface area contributed by atoms with E-state index in [1.165, 1.54) is 12.7 Å². The Hall–Kier alpha value is -1.82. The van der Waals surface area contributed by atoms with Crippen LogP contribution >= 0.6 is 0 Å². The number of aliphatic carboxylic acids is 1. The molecule has 1 aliphatic heterocycles. The molecule has 0 bridgehead atoms. The van der Waals surface area contributed by atoms with Crippen LogP contribution in [-0.2, 0) is 4.79 Å². The van der Waals surface area contributed by atoms with Crippen molar-refractivity contribution in [1.29, 1.82) is 0 Å². The van der Waals surface area contributed by atoms with Gasteiger partial charge in [-0.05, 0) is 56.2 Å². The van der Waals surface area contributed by atoms with Gasteiger partial charge in [-0.15, -0.1) is 0 Å². The summed E-state index contributed by atoms with van der Waals surface area (Å²) in [7, 11) is 1.86. The van der Waals surface area contributed by atoms with Gasteiger partial charge in [-0.3, -0.25) is 9.59 Å². The van der Waals surface area contributed by atoms with E-state index in [1.807, 2.05) is 11.9 Å². The van der Waals surface area contributed by atoms with Crippen LogP contribution in [0.4, 0.5) is 0 Å². The molecule has 0 aromatic carbocycles. The number of likely N-dealkylation sites (tertiary alicyclic amines) is 1. The summed E-state index contributed by atoms with van der Waals surface area (Å²) in [4.78, 5) is 28.0. The van der Waals surface area contributed by atoms with Crippen LogP contribution in [0.3, 0.4) is 0 Å². The Bertz CT molecular complexity index is 614. The predicted molar refractivity (Wildman–Crippen MR) is 103 cm³/mol. The number of hydrogen-bond donors (Lipinski definition) is 1. The van der Waals surface area contributed by atoms with Crippen LogP contribution < -0.4 is 0 Å². The summed E-state index contributed by atoms with van der Waals surface area (Å²) >= 11 is 0. The zero-order valence-electron chi connectivity index (χ0n) is 16.4. The SMILES string of the molecule is CN(C(=O)c1ccco1)C1CCN(CCC2(CC(=O)O)CCCCC2)CC1. The molecular weight excluding hydrogens is 344 g/mol. The fourth-order valence-electron chi connectivity index (χ4n) is 4.80. The van der Waals surface area contributed by atoms with Crippen molar-refractivity contribution in [2.24, 2.45) is 5.41 Å². The van der Waals surface area contributed by atoms with Crippen molar-refractivity contribution in [2.45, 2.75) is 63.8 Å². The number of carboxylic acids is 1. The van der Waals surface area contributed by atoms with E-state index in [0.29, 0.717) is 12.2 Å². The molecule has 6 nitrogen and oxygen atoms in total. The molecular formula is C21H32N2O4. The first-order valence-electron chi connectivity index (χ1n) is 10.2. The minimum Gasteiger partial charge on any atom is -0.481 e. The molecule has 1 aromatic rings. The van der Waals surface area contributed by atoms with Gasteiger partial charge in [0.1, 0.15) is 0 Å². The monoisotopic (exact) mass is 376 g/mol. The molecule has 0 spiro atoms. The number of furan rings is 1. The summed E-state index contributed by atoms with van der Waals surface area (Å²) in [5, 5.41) is 9.34. The van der Waals surface area contributed by atoms with Crippen LogP contribution in [0.1, 0.15) is 68.3 Å². The maximum Gasteiger partial charge on any atom is 0.303 e. The van der Waals surface area contributed by atoms with E-state index in [0.717, 1.165) is 64.6 Å². The molecule has 0 unspecified atom stereocenters. The van der Waals surface area contributed by atoms with Crippen LogP contribution in [0.25, 0.3) is 0 Å². The lowest BCUT2D eigenvalue weighted by atomic mass is 9.69. The first-order chi connectivity index (χ1) is 13.0. The van der Waals surface area contributed by atoms with Gasteiger partial charge in [-0.2, -0.15) is 0 Å². The molecule has 0 radical (unpaired) electrons. The number of rotatable bonds is 7. The zero-order valence-corrected chi connectivity index (χ0v) is 16.4. The van der Waals surface area contributed by atoms with Gasteiger partial charge in [-0.25, -0.2) is 0 Å². The van der Waals surface area contributed by atoms with E-state index >= 15 is 0 Å². The maximum atomic E-state index is 12.4. The van der Waals surface area contributed by atoms with Crippen molar-refractivity contribution in [3.8, 4) is 0 Å². The average molecular weight is 376 g/mol. The Balaban J connectivity index is 1.47. The number of carboxylic acid groups (broad SMARTS) is 1. The Kier molecular flexibility index (Phi) is 6.58. The summed E-state index contributed by atoms with van der Waals surface area (Å²) < 4.78 is 5.23. The Morgan fingerprint density at radius 3 is 2.56 bits per heavy atom. The minimum absolute atomic E-state index is 0.00697. The number of carbonyl (C=O) groups excluding carboxylic acids is 1. The van der Waals surface area contributed by atoms with Crippen molar-refractivity contribution in [3.05, 3.63) is 24.2 Å². The summed E-state index contributed by atoms with van der Waals surface area (Å²) in [5.41, 5.74) is -0.00697. The lowest BCUT2D eigenvalue weighted by Crippen LogP contribution is -2.46. The topological polar surface area (TPSA) is 74.0 Å². The molecule has 1 saturated heterocycles. The molecule has 0 atom stereocenters. The second-order valence-corrected chi connectivity index (χ2v) is 8.35. The summed E-state index contributed by atoms with van der Waals surface area (Å²) in [6.07, 6.45) is 10.4. The van der Waals surface area contributed by atoms with Crippen molar-refractivity contribution in [1.82, 2.24) is 9.80 Å². The van der Waals surface area contributed by atoms with Crippen LogP contribution in [0, 0.1) is 5.41 Å². The smallest absolute Gasteiger partial charge is 0.303 e. The molecule has 6 heteroatoms. The average Bonchev–Trinajstić information content (AvgIpc) is 3.21. The second kappa shape index (κ2) is 8.91. The number of piperidine rings is 1. The lowest BCUT2D eigenvalue weighted by molar-refractivity contribution is -0.140. The van der Waals surface area contributed by atoms with Gasteiger partial charge in [0, 0.05) is 26.2 Å². The molecule has 150 valence electrons. The molecule has 2 fully saturated rings. The highest BCUT2D eigenvalue weighted by Gasteiger charge is 2.35. The predicted octanol–water partition coefficient (Wildman–Crippen LogP) is 3.63. The molecule has 1 aromatic heterocycles. The van der Waals surface area contributed by atoms with Crippen LogP contribution in [0.5, 0.6) is 0 Å². The maximum absolute atomic E-state index is 12.4. The Labute approximate surface area is 161 Å². The third-order valence-electron chi connectivity index (χ3n) is 6.56. The Morgan fingerprint density at radius 1 is 1.26 bits per heavy atom. The zero-order chi connectivity index (χ0) is 19.3. The van der Waals surface area contributed by atoms with Gasteiger partial charge in [0.05, 0.1) is 12.7 Å². The van der Waals surface area contributed by atoms with E-state index in [-0.39, 0.29) is 17.4 Å². The third kappa shape index (κ3) is 5.12. The number of hydrogen-bond acceptors (Lipinski definition) is 4. The standard InChI is InChI=1S/C21H32N2O4/c1-22(20(26)18-6-5-15-27-18)17-7-12-23(13-8-17)14-11-21(16-19(24)25)9-3-2-4-10-21/h5-6,15,17H,2-4,7-14,16H2,1H3,(H,24,25). The number of amides is 1. The van der Waals surface area contributed by atoms with Gasteiger partial charge in [0.25, 0.3) is 5.91 Å². The second-order valence-electron chi connectivity index (χ2n) is 8.35. The first kappa shape index (κ1) is 19.9. The highest BCUT2D eigenvalue weighted by atomic mass is 16.4. The molecule has 1 N–H and O–H groups in total. The molecule has 1 aliphatic carbocycles. The van der Waals surface area contributed by atoms with E-state index in [1.54, 1.807) is 12.1 Å². The van der Waals surface area contributed by atoms with Gasteiger partial charge in [0.2, 0.25) is 0 Å². The van der Waals surface area contributed by atoms with E-state index < -0.39 is 5.97 Å². The van der Waals surface area contributed by atoms with Gasteiger partial charge >= 0.3 is 5.97 Å². The molecule has 3 rings (SSSR count). The molecule has 1 saturated carbocycles. The highest BCUT2D eigenvalue weighted by molar-refractivity contribution is 5.91. The van der Waals surface area contributed by atoms with Crippen LogP contribution in [-0.4, -0.2) is 59.5 Å². The first-order valence-corrected chi connectivity index (χ1v) is 10.2. The van der Waals surface area contributed by atoms with E-state index in [4.69, 9.17) is 4.42 Å². The Morgan fingerprint density at radius 2 is 1.96 bits per heavy atom. The fraction of sp³-hybridized carbons (Fsp3) is 0.714. The van der Waals surface area contributed by atoms with Gasteiger partial charge in [0.15, 0.2) is 5.76 Å². The van der Waals surface area contributed by atoms with Crippen molar-refractivity contribution in [3.63, 3.8) is 0 Å². The lowest BCUT2D eigenvalue weighted by Gasteiger charge is -2.40. The largest absolute Gasteiger partial charge is 0.481 e.